The molecule has 0 aliphatic rings. The summed E-state index contributed by atoms with van der Waals surface area (Å²) in [5.74, 6) is -0.230. The lowest BCUT2D eigenvalue weighted by atomic mass is 10.0. The van der Waals surface area contributed by atoms with Crippen LogP contribution in [0.1, 0.15) is 31.4 Å². The van der Waals surface area contributed by atoms with E-state index in [9.17, 15) is 9.59 Å². The second-order valence-electron chi connectivity index (χ2n) is 8.04. The highest BCUT2D eigenvalue weighted by Crippen LogP contribution is 2.27. The molecule has 0 saturated carbocycles. The number of benzene rings is 3. The third kappa shape index (κ3) is 3.66. The predicted molar refractivity (Wildman–Crippen MR) is 132 cm³/mol. The van der Waals surface area contributed by atoms with Gasteiger partial charge in [-0.05, 0) is 42.3 Å². The van der Waals surface area contributed by atoms with Gasteiger partial charge in [-0.3, -0.25) is 14.2 Å². The summed E-state index contributed by atoms with van der Waals surface area (Å²) in [5, 5.41) is 9.01. The van der Waals surface area contributed by atoms with Crippen LogP contribution in [0.4, 0.5) is 0 Å². The number of amides is 1. The lowest BCUT2D eigenvalue weighted by Gasteiger charge is -2.22. The first kappa shape index (κ1) is 21.2. The van der Waals surface area contributed by atoms with E-state index in [1.165, 1.54) is 0 Å². The van der Waals surface area contributed by atoms with Crippen LogP contribution in [0.25, 0.3) is 27.5 Å². The van der Waals surface area contributed by atoms with Crippen molar-refractivity contribution >= 4 is 45.0 Å². The molecule has 0 aliphatic carbocycles. The Hall–Kier alpha value is -3.64. The molecule has 6 nitrogen and oxygen atoms in total. The highest BCUT2D eigenvalue weighted by atomic mass is 35.5. The summed E-state index contributed by atoms with van der Waals surface area (Å²) in [6, 6.07) is 21.3. The van der Waals surface area contributed by atoms with Gasteiger partial charge in [0.1, 0.15) is 11.6 Å². The van der Waals surface area contributed by atoms with E-state index in [4.69, 9.17) is 11.6 Å². The van der Waals surface area contributed by atoms with Crippen LogP contribution in [-0.4, -0.2) is 26.6 Å². The quantitative estimate of drug-likeness (QED) is 0.365. The van der Waals surface area contributed by atoms with Crippen molar-refractivity contribution < 1.29 is 4.79 Å². The molecule has 1 N–H and O–H groups in total. The predicted octanol–water partition coefficient (Wildman–Crippen LogP) is 4.96. The number of carbonyl (C=O) groups is 1. The number of nitrogens with zero attached hydrogens (tertiary/aromatic N) is 3. The highest BCUT2D eigenvalue weighted by molar-refractivity contribution is 6.30. The maximum atomic E-state index is 14.0. The first-order valence-corrected chi connectivity index (χ1v) is 11.4. The summed E-state index contributed by atoms with van der Waals surface area (Å²) in [6.45, 7) is 2.61. The topological polar surface area (TPSA) is 68.4 Å². The molecule has 2 heterocycles. The molecule has 2 aromatic heterocycles. The lowest BCUT2D eigenvalue weighted by molar-refractivity contribution is -0.123. The van der Waals surface area contributed by atoms with Crippen molar-refractivity contribution in [2.45, 2.75) is 25.8 Å². The summed E-state index contributed by atoms with van der Waals surface area (Å²) in [5.41, 5.74) is 2.98. The van der Waals surface area contributed by atoms with Crippen LogP contribution in [0.15, 0.2) is 77.6 Å². The minimum absolute atomic E-state index is 0.230. The summed E-state index contributed by atoms with van der Waals surface area (Å²) < 4.78 is 3.27. The largest absolute Gasteiger partial charge is 0.354 e. The Kier molecular flexibility index (Phi) is 5.60. The Morgan fingerprint density at radius 2 is 1.70 bits per heavy atom. The summed E-state index contributed by atoms with van der Waals surface area (Å²) in [7, 11) is 0. The number of unbranched alkanes of at least 4 members (excludes halogenated alkanes) is 1. The van der Waals surface area contributed by atoms with Gasteiger partial charge < -0.3 is 5.32 Å². The summed E-state index contributed by atoms with van der Waals surface area (Å²) >= 11 is 6.12. The van der Waals surface area contributed by atoms with E-state index in [0.29, 0.717) is 28.2 Å². The maximum absolute atomic E-state index is 14.0. The molecule has 0 radical (unpaired) electrons. The van der Waals surface area contributed by atoms with Gasteiger partial charge in [0.05, 0.1) is 16.6 Å². The van der Waals surface area contributed by atoms with Crippen molar-refractivity contribution in [3.63, 3.8) is 0 Å². The SMILES string of the molecule is CCCCNC(=O)C(c1ccc(Cl)cc1)n1c(=O)c2c3ccccc3nn2c2ccccc21. The molecule has 33 heavy (non-hydrogen) atoms. The Bertz CT molecular complexity index is 1540. The number of rotatable bonds is 6. The van der Waals surface area contributed by atoms with Crippen LogP contribution in [0.2, 0.25) is 5.02 Å². The molecule has 3 aromatic carbocycles. The van der Waals surface area contributed by atoms with Crippen molar-refractivity contribution in [2.24, 2.45) is 0 Å². The normalized spacial score (nSPS) is 12.4. The van der Waals surface area contributed by atoms with Crippen LogP contribution in [0, 0.1) is 0 Å². The fourth-order valence-electron chi connectivity index (χ4n) is 4.29. The van der Waals surface area contributed by atoms with Crippen molar-refractivity contribution in [2.75, 3.05) is 6.54 Å². The van der Waals surface area contributed by atoms with Crippen molar-refractivity contribution in [3.05, 3.63) is 93.7 Å². The molecular weight excluding hydrogens is 436 g/mol. The van der Waals surface area contributed by atoms with E-state index in [1.807, 2.05) is 48.5 Å². The third-order valence-electron chi connectivity index (χ3n) is 5.89. The Morgan fingerprint density at radius 1 is 1.00 bits per heavy atom. The van der Waals surface area contributed by atoms with Crippen LogP contribution in [0.3, 0.4) is 0 Å². The average Bonchev–Trinajstić information content (AvgIpc) is 3.23. The maximum Gasteiger partial charge on any atom is 0.278 e. The Balaban J connectivity index is 1.84. The summed E-state index contributed by atoms with van der Waals surface area (Å²) in [4.78, 5) is 27.5. The van der Waals surface area contributed by atoms with E-state index >= 15 is 0 Å². The smallest absolute Gasteiger partial charge is 0.278 e. The van der Waals surface area contributed by atoms with Crippen molar-refractivity contribution in [3.8, 4) is 0 Å². The fourth-order valence-corrected chi connectivity index (χ4v) is 4.41. The van der Waals surface area contributed by atoms with Gasteiger partial charge in [0.2, 0.25) is 5.91 Å². The molecule has 5 aromatic rings. The second kappa shape index (κ2) is 8.71. The molecule has 1 unspecified atom stereocenters. The minimum atomic E-state index is -0.852. The van der Waals surface area contributed by atoms with Gasteiger partial charge in [-0.25, -0.2) is 4.52 Å². The van der Waals surface area contributed by atoms with Gasteiger partial charge in [0, 0.05) is 17.0 Å². The Labute approximate surface area is 195 Å². The number of hydrogen-bond acceptors (Lipinski definition) is 3. The minimum Gasteiger partial charge on any atom is -0.354 e. The van der Waals surface area contributed by atoms with E-state index in [0.717, 1.165) is 29.3 Å². The molecule has 0 bridgehead atoms. The van der Waals surface area contributed by atoms with Gasteiger partial charge in [0.25, 0.3) is 5.56 Å². The molecule has 0 aliphatic heterocycles. The van der Waals surface area contributed by atoms with Crippen LogP contribution in [0.5, 0.6) is 0 Å². The van der Waals surface area contributed by atoms with Crippen LogP contribution >= 0.6 is 11.6 Å². The number of carbonyl (C=O) groups excluding carboxylic acids is 1. The van der Waals surface area contributed by atoms with Gasteiger partial charge in [-0.1, -0.05) is 67.4 Å². The third-order valence-corrected chi connectivity index (χ3v) is 6.14. The van der Waals surface area contributed by atoms with Crippen LogP contribution in [-0.2, 0) is 4.79 Å². The van der Waals surface area contributed by atoms with Crippen molar-refractivity contribution in [1.82, 2.24) is 19.5 Å². The van der Waals surface area contributed by atoms with Gasteiger partial charge in [-0.15, -0.1) is 0 Å². The van der Waals surface area contributed by atoms with Gasteiger partial charge >= 0.3 is 0 Å². The fraction of sp³-hybridized carbons (Fsp3) is 0.192. The Morgan fingerprint density at radius 3 is 2.45 bits per heavy atom. The second-order valence-corrected chi connectivity index (χ2v) is 8.48. The molecule has 1 atom stereocenters. The van der Waals surface area contributed by atoms with Gasteiger partial charge in [-0.2, -0.15) is 5.10 Å². The number of nitrogens with one attached hydrogen (secondary N) is 1. The van der Waals surface area contributed by atoms with E-state index in [1.54, 1.807) is 33.3 Å². The first-order valence-electron chi connectivity index (χ1n) is 11.0. The molecule has 0 saturated heterocycles. The number of para-hydroxylation sites is 2. The molecule has 166 valence electrons. The van der Waals surface area contributed by atoms with Gasteiger partial charge in [0.15, 0.2) is 0 Å². The standard InChI is InChI=1S/C26H23ClN4O2/c1-2-3-16-28-25(32)23(17-12-14-18(27)15-13-17)30-21-10-6-7-11-22(21)31-24(26(30)33)19-8-4-5-9-20(19)29-31/h4-15,23H,2-3,16H2,1H3,(H,28,32). The number of aromatic nitrogens is 3. The molecule has 0 fully saturated rings. The molecule has 5 rings (SSSR count). The molecular formula is C26H23ClN4O2. The molecule has 1 amide bonds. The zero-order chi connectivity index (χ0) is 22.9. The zero-order valence-corrected chi connectivity index (χ0v) is 18.9. The number of halogens is 1. The lowest BCUT2D eigenvalue weighted by Crippen LogP contribution is -2.39. The molecule has 0 spiro atoms. The molecule has 7 heteroatoms. The van der Waals surface area contributed by atoms with E-state index in [-0.39, 0.29) is 11.5 Å². The number of fused-ring (bicyclic) bond motifs is 5. The highest BCUT2D eigenvalue weighted by Gasteiger charge is 2.27. The zero-order valence-electron chi connectivity index (χ0n) is 18.2. The average molecular weight is 459 g/mol. The number of hydrogen-bond donors (Lipinski definition) is 1. The first-order chi connectivity index (χ1) is 16.1. The monoisotopic (exact) mass is 458 g/mol. The van der Waals surface area contributed by atoms with E-state index in [2.05, 4.69) is 17.3 Å². The van der Waals surface area contributed by atoms with Crippen LogP contribution < -0.4 is 10.9 Å². The summed E-state index contributed by atoms with van der Waals surface area (Å²) in [6.07, 6.45) is 1.82. The van der Waals surface area contributed by atoms with E-state index < -0.39 is 6.04 Å². The van der Waals surface area contributed by atoms with Crippen molar-refractivity contribution in [1.29, 1.82) is 0 Å².